The van der Waals surface area contributed by atoms with Gasteiger partial charge in [-0.1, -0.05) is 24.3 Å². The predicted octanol–water partition coefficient (Wildman–Crippen LogP) is 2.28. The van der Waals surface area contributed by atoms with Crippen molar-refractivity contribution in [3.05, 3.63) is 63.6 Å². The smallest absolute Gasteiger partial charge is 0.292 e. The van der Waals surface area contributed by atoms with Crippen LogP contribution in [0.1, 0.15) is 29.7 Å². The number of ether oxygens (including phenoxy) is 1. The molecule has 0 radical (unpaired) electrons. The third-order valence-corrected chi connectivity index (χ3v) is 5.60. The summed E-state index contributed by atoms with van der Waals surface area (Å²) in [5.74, 6) is 1.02. The number of benzene rings is 1. The molecule has 2 aromatic rings. The summed E-state index contributed by atoms with van der Waals surface area (Å²) < 4.78 is 7.59. The minimum absolute atomic E-state index is 0.0341. The monoisotopic (exact) mass is 353 g/mol. The average Bonchev–Trinajstić information content (AvgIpc) is 3.08. The largest absolute Gasteiger partial charge is 0.488 e. The van der Waals surface area contributed by atoms with Gasteiger partial charge in [0.2, 0.25) is 0 Å². The Hall–Kier alpha value is -2.11. The Morgan fingerprint density at radius 2 is 1.77 bits per heavy atom. The van der Waals surface area contributed by atoms with E-state index in [0.29, 0.717) is 18.3 Å². The SMILES string of the molecule is Cn1c(CN2Cc3ccccc3C2)ccc(OCC2CCNCC2)c1=O. The van der Waals surface area contributed by atoms with Crippen LogP contribution in [0.4, 0.5) is 0 Å². The van der Waals surface area contributed by atoms with E-state index in [4.69, 9.17) is 4.74 Å². The number of aromatic nitrogens is 1. The summed E-state index contributed by atoms with van der Waals surface area (Å²) in [6.45, 7) is 5.38. The fourth-order valence-corrected chi connectivity index (χ4v) is 3.92. The van der Waals surface area contributed by atoms with Crippen LogP contribution in [0.3, 0.4) is 0 Å². The first kappa shape index (κ1) is 17.3. The quantitative estimate of drug-likeness (QED) is 0.896. The number of piperidine rings is 1. The molecule has 5 nitrogen and oxygen atoms in total. The van der Waals surface area contributed by atoms with Crippen molar-refractivity contribution in [3.8, 4) is 5.75 Å². The lowest BCUT2D eigenvalue weighted by Crippen LogP contribution is -2.32. The zero-order valence-corrected chi connectivity index (χ0v) is 15.4. The van der Waals surface area contributed by atoms with Gasteiger partial charge in [-0.15, -0.1) is 0 Å². The first-order chi connectivity index (χ1) is 12.7. The van der Waals surface area contributed by atoms with Crippen molar-refractivity contribution in [1.29, 1.82) is 0 Å². The van der Waals surface area contributed by atoms with Crippen LogP contribution in [0.2, 0.25) is 0 Å². The van der Waals surface area contributed by atoms with Gasteiger partial charge in [0.05, 0.1) is 6.61 Å². The van der Waals surface area contributed by atoms with Crippen molar-refractivity contribution in [2.75, 3.05) is 19.7 Å². The van der Waals surface area contributed by atoms with Gasteiger partial charge < -0.3 is 14.6 Å². The molecule has 5 heteroatoms. The molecule has 4 rings (SSSR count). The molecule has 1 N–H and O–H groups in total. The Kier molecular flexibility index (Phi) is 5.09. The van der Waals surface area contributed by atoms with Crippen molar-refractivity contribution in [2.45, 2.75) is 32.5 Å². The summed E-state index contributed by atoms with van der Waals surface area (Å²) in [6.07, 6.45) is 2.24. The number of pyridine rings is 1. The maximum absolute atomic E-state index is 12.7. The Morgan fingerprint density at radius 1 is 1.08 bits per heavy atom. The molecule has 0 saturated carbocycles. The molecule has 3 heterocycles. The van der Waals surface area contributed by atoms with E-state index in [1.807, 2.05) is 19.2 Å². The molecule has 0 amide bonds. The molecule has 0 unspecified atom stereocenters. The maximum atomic E-state index is 12.7. The Labute approximate surface area is 154 Å². The van der Waals surface area contributed by atoms with E-state index in [1.54, 1.807) is 4.57 Å². The van der Waals surface area contributed by atoms with E-state index >= 15 is 0 Å². The van der Waals surface area contributed by atoms with Gasteiger partial charge >= 0.3 is 0 Å². The van der Waals surface area contributed by atoms with E-state index in [2.05, 4.69) is 34.5 Å². The zero-order chi connectivity index (χ0) is 17.9. The second-order valence-electron chi connectivity index (χ2n) is 7.47. The van der Waals surface area contributed by atoms with Crippen LogP contribution in [0.5, 0.6) is 5.75 Å². The minimum Gasteiger partial charge on any atom is -0.488 e. The molecule has 0 atom stereocenters. The van der Waals surface area contributed by atoms with Crippen molar-refractivity contribution in [3.63, 3.8) is 0 Å². The lowest BCUT2D eigenvalue weighted by atomic mass is 9.99. The lowest BCUT2D eigenvalue weighted by molar-refractivity contribution is 0.211. The van der Waals surface area contributed by atoms with E-state index in [-0.39, 0.29) is 5.56 Å². The van der Waals surface area contributed by atoms with Gasteiger partial charge in [0.25, 0.3) is 5.56 Å². The van der Waals surface area contributed by atoms with Gasteiger partial charge in [0.1, 0.15) is 0 Å². The predicted molar refractivity (Wildman–Crippen MR) is 102 cm³/mol. The average molecular weight is 353 g/mol. The Balaban J connectivity index is 1.40. The zero-order valence-electron chi connectivity index (χ0n) is 15.4. The molecule has 1 aromatic carbocycles. The first-order valence-corrected chi connectivity index (χ1v) is 9.52. The summed E-state index contributed by atoms with van der Waals surface area (Å²) in [4.78, 5) is 15.0. The second kappa shape index (κ2) is 7.64. The summed E-state index contributed by atoms with van der Waals surface area (Å²) in [5.41, 5.74) is 3.77. The molecule has 26 heavy (non-hydrogen) atoms. The number of nitrogens with one attached hydrogen (secondary N) is 1. The fourth-order valence-electron chi connectivity index (χ4n) is 3.92. The highest BCUT2D eigenvalue weighted by molar-refractivity contribution is 5.30. The van der Waals surface area contributed by atoms with Gasteiger partial charge in [0.15, 0.2) is 5.75 Å². The van der Waals surface area contributed by atoms with E-state index in [0.717, 1.165) is 51.3 Å². The number of hydrogen-bond donors (Lipinski definition) is 1. The number of nitrogens with zero attached hydrogens (tertiary/aromatic N) is 2. The molecule has 138 valence electrons. The van der Waals surface area contributed by atoms with Gasteiger partial charge in [-0.3, -0.25) is 9.69 Å². The standard InChI is InChI=1S/C21H27N3O2/c1-23-19(14-24-12-17-4-2-3-5-18(17)13-24)6-7-20(21(23)25)26-15-16-8-10-22-11-9-16/h2-7,16,22H,8-15H2,1H3. The van der Waals surface area contributed by atoms with Crippen LogP contribution in [0.15, 0.2) is 41.2 Å². The molecule has 1 fully saturated rings. The highest BCUT2D eigenvalue weighted by Gasteiger charge is 2.20. The van der Waals surface area contributed by atoms with Crippen molar-refractivity contribution >= 4 is 0 Å². The molecule has 0 aliphatic carbocycles. The molecule has 1 saturated heterocycles. The minimum atomic E-state index is -0.0341. The summed E-state index contributed by atoms with van der Waals surface area (Å²) in [6, 6.07) is 12.4. The van der Waals surface area contributed by atoms with Crippen LogP contribution in [-0.4, -0.2) is 29.2 Å². The second-order valence-corrected chi connectivity index (χ2v) is 7.47. The lowest BCUT2D eigenvalue weighted by Gasteiger charge is -2.23. The highest BCUT2D eigenvalue weighted by Crippen LogP contribution is 2.24. The van der Waals surface area contributed by atoms with Crippen molar-refractivity contribution < 1.29 is 4.74 Å². The van der Waals surface area contributed by atoms with Crippen LogP contribution in [-0.2, 0) is 26.7 Å². The van der Waals surface area contributed by atoms with Crippen LogP contribution in [0, 0.1) is 5.92 Å². The van der Waals surface area contributed by atoms with E-state index in [9.17, 15) is 4.79 Å². The Morgan fingerprint density at radius 3 is 2.46 bits per heavy atom. The van der Waals surface area contributed by atoms with Crippen molar-refractivity contribution in [2.24, 2.45) is 13.0 Å². The molecule has 0 bridgehead atoms. The summed E-state index contributed by atoms with van der Waals surface area (Å²) >= 11 is 0. The molecule has 1 aromatic heterocycles. The molecule has 2 aliphatic rings. The van der Waals surface area contributed by atoms with Gasteiger partial charge in [-0.05, 0) is 55.1 Å². The fraction of sp³-hybridized carbons (Fsp3) is 0.476. The topological polar surface area (TPSA) is 46.5 Å². The number of hydrogen-bond acceptors (Lipinski definition) is 4. The highest BCUT2D eigenvalue weighted by atomic mass is 16.5. The van der Waals surface area contributed by atoms with Gasteiger partial charge in [0, 0.05) is 32.4 Å². The summed E-state index contributed by atoms with van der Waals surface area (Å²) in [7, 11) is 1.85. The first-order valence-electron chi connectivity index (χ1n) is 9.52. The number of rotatable bonds is 5. The van der Waals surface area contributed by atoms with Crippen LogP contribution >= 0.6 is 0 Å². The normalized spacial score (nSPS) is 18.0. The van der Waals surface area contributed by atoms with Crippen LogP contribution < -0.4 is 15.6 Å². The van der Waals surface area contributed by atoms with Crippen molar-refractivity contribution in [1.82, 2.24) is 14.8 Å². The molecular formula is C21H27N3O2. The summed E-state index contributed by atoms with van der Waals surface area (Å²) in [5, 5.41) is 3.36. The Bertz CT molecular complexity index is 799. The third kappa shape index (κ3) is 3.69. The van der Waals surface area contributed by atoms with E-state index < -0.39 is 0 Å². The van der Waals surface area contributed by atoms with Gasteiger partial charge in [-0.2, -0.15) is 0 Å². The molecule has 2 aliphatic heterocycles. The third-order valence-electron chi connectivity index (χ3n) is 5.60. The van der Waals surface area contributed by atoms with Crippen LogP contribution in [0.25, 0.3) is 0 Å². The maximum Gasteiger partial charge on any atom is 0.292 e. The molecule has 0 spiro atoms. The van der Waals surface area contributed by atoms with E-state index in [1.165, 1.54) is 11.1 Å². The number of fused-ring (bicyclic) bond motifs is 1. The van der Waals surface area contributed by atoms with Gasteiger partial charge in [-0.25, -0.2) is 0 Å². The molecular weight excluding hydrogens is 326 g/mol.